The van der Waals surface area contributed by atoms with E-state index in [1.165, 1.54) is 22.5 Å². The van der Waals surface area contributed by atoms with E-state index in [0.29, 0.717) is 31.7 Å². The van der Waals surface area contributed by atoms with Crippen molar-refractivity contribution in [3.8, 4) is 5.75 Å². The third kappa shape index (κ3) is 6.81. The van der Waals surface area contributed by atoms with Crippen molar-refractivity contribution in [2.75, 3.05) is 32.8 Å². The van der Waals surface area contributed by atoms with Crippen molar-refractivity contribution in [2.45, 2.75) is 43.4 Å². The Morgan fingerprint density at radius 2 is 1.71 bits per heavy atom. The molecule has 0 spiro atoms. The summed E-state index contributed by atoms with van der Waals surface area (Å²) in [6.07, 6.45) is 1.13. The summed E-state index contributed by atoms with van der Waals surface area (Å²) >= 11 is 0. The van der Waals surface area contributed by atoms with Gasteiger partial charge in [-0.05, 0) is 69.5 Å². The van der Waals surface area contributed by atoms with Gasteiger partial charge in [-0.15, -0.1) is 0 Å². The lowest BCUT2D eigenvalue weighted by Crippen LogP contribution is -2.46. The number of benzene rings is 2. The molecule has 3 rings (SSSR count). The van der Waals surface area contributed by atoms with E-state index >= 15 is 0 Å². The number of hydrogen-bond donors (Lipinski definition) is 2. The zero-order valence-electron chi connectivity index (χ0n) is 20.3. The van der Waals surface area contributed by atoms with Crippen molar-refractivity contribution < 1.29 is 26.4 Å². The normalized spacial score (nSPS) is 17.2. The van der Waals surface area contributed by atoms with Gasteiger partial charge in [0.05, 0.1) is 22.3 Å². The number of sulfonamides is 2. The Balaban J connectivity index is 1.55. The Labute approximate surface area is 208 Å². The number of ether oxygens (including phenoxy) is 1. The molecule has 2 aromatic rings. The SMILES string of the molecule is CCOc1ccc(S(=O)(=O)N2CCC[C@@H](C(=O)NCCNS(=O)(=O)c3ccc(C)cc3)C2)cc1C. The quantitative estimate of drug-likeness (QED) is 0.461. The van der Waals surface area contributed by atoms with Gasteiger partial charge in [0.25, 0.3) is 0 Å². The van der Waals surface area contributed by atoms with Crippen LogP contribution in [0.15, 0.2) is 52.3 Å². The molecule has 192 valence electrons. The molecule has 9 nitrogen and oxygen atoms in total. The summed E-state index contributed by atoms with van der Waals surface area (Å²) in [6, 6.07) is 11.2. The van der Waals surface area contributed by atoms with Crippen molar-refractivity contribution in [3.63, 3.8) is 0 Å². The summed E-state index contributed by atoms with van der Waals surface area (Å²) in [5.74, 6) is -0.154. The summed E-state index contributed by atoms with van der Waals surface area (Å²) in [5, 5.41) is 2.72. The Kier molecular flexibility index (Phi) is 8.92. The molecular weight excluding hydrogens is 490 g/mol. The third-order valence-electron chi connectivity index (χ3n) is 5.89. The number of aryl methyl sites for hydroxylation is 2. The molecule has 1 aliphatic rings. The van der Waals surface area contributed by atoms with E-state index in [9.17, 15) is 21.6 Å². The molecule has 0 aromatic heterocycles. The maximum Gasteiger partial charge on any atom is 0.243 e. The Bertz CT molecular complexity index is 1240. The molecule has 0 bridgehead atoms. The summed E-state index contributed by atoms with van der Waals surface area (Å²) in [5.41, 5.74) is 1.68. The van der Waals surface area contributed by atoms with Crippen LogP contribution in [-0.2, 0) is 24.8 Å². The van der Waals surface area contributed by atoms with E-state index in [0.717, 1.165) is 11.1 Å². The summed E-state index contributed by atoms with van der Waals surface area (Å²) in [6.45, 7) is 6.57. The number of amides is 1. The average Bonchev–Trinajstić information content (AvgIpc) is 2.83. The first kappa shape index (κ1) is 27.1. The van der Waals surface area contributed by atoms with E-state index in [-0.39, 0.29) is 35.3 Å². The lowest BCUT2D eigenvalue weighted by atomic mass is 9.99. The number of nitrogens with zero attached hydrogens (tertiary/aromatic N) is 1. The highest BCUT2D eigenvalue weighted by atomic mass is 32.2. The molecule has 11 heteroatoms. The predicted octanol–water partition coefficient (Wildman–Crippen LogP) is 2.20. The average molecular weight is 524 g/mol. The van der Waals surface area contributed by atoms with Crippen LogP contribution in [0.5, 0.6) is 5.75 Å². The second-order valence-electron chi connectivity index (χ2n) is 8.56. The maximum absolute atomic E-state index is 13.2. The molecular formula is C24H33N3O6S2. The highest BCUT2D eigenvalue weighted by molar-refractivity contribution is 7.89. The van der Waals surface area contributed by atoms with Crippen LogP contribution in [0.4, 0.5) is 0 Å². The van der Waals surface area contributed by atoms with Gasteiger partial charge >= 0.3 is 0 Å². The van der Waals surface area contributed by atoms with Crippen LogP contribution >= 0.6 is 0 Å². The molecule has 0 aliphatic carbocycles. The number of nitrogens with one attached hydrogen (secondary N) is 2. The topological polar surface area (TPSA) is 122 Å². The van der Waals surface area contributed by atoms with Gasteiger partial charge in [0.1, 0.15) is 5.75 Å². The second kappa shape index (κ2) is 11.5. The van der Waals surface area contributed by atoms with Crippen LogP contribution < -0.4 is 14.8 Å². The van der Waals surface area contributed by atoms with Gasteiger partial charge in [0, 0.05) is 26.2 Å². The van der Waals surface area contributed by atoms with Crippen LogP contribution in [0.2, 0.25) is 0 Å². The van der Waals surface area contributed by atoms with Crippen LogP contribution in [0.1, 0.15) is 30.9 Å². The number of hydrogen-bond acceptors (Lipinski definition) is 6. The fourth-order valence-corrected chi connectivity index (χ4v) is 6.58. The number of rotatable bonds is 10. The van der Waals surface area contributed by atoms with Crippen LogP contribution in [0.3, 0.4) is 0 Å². The van der Waals surface area contributed by atoms with Gasteiger partial charge < -0.3 is 10.1 Å². The van der Waals surface area contributed by atoms with Crippen molar-refractivity contribution in [3.05, 3.63) is 53.6 Å². The highest BCUT2D eigenvalue weighted by Crippen LogP contribution is 2.27. The minimum absolute atomic E-state index is 0.0299. The van der Waals surface area contributed by atoms with Crippen LogP contribution in [-0.4, -0.2) is 59.8 Å². The zero-order valence-corrected chi connectivity index (χ0v) is 21.9. The van der Waals surface area contributed by atoms with Crippen LogP contribution in [0.25, 0.3) is 0 Å². The second-order valence-corrected chi connectivity index (χ2v) is 12.3. The Morgan fingerprint density at radius 3 is 2.37 bits per heavy atom. The van der Waals surface area contributed by atoms with Gasteiger partial charge in [-0.3, -0.25) is 4.79 Å². The molecule has 0 radical (unpaired) electrons. The largest absolute Gasteiger partial charge is 0.494 e. The first-order chi connectivity index (χ1) is 16.5. The van der Waals surface area contributed by atoms with Gasteiger partial charge in [-0.25, -0.2) is 21.6 Å². The smallest absolute Gasteiger partial charge is 0.243 e. The molecule has 0 saturated carbocycles. The predicted molar refractivity (Wildman–Crippen MR) is 133 cm³/mol. The zero-order chi connectivity index (χ0) is 25.6. The van der Waals surface area contributed by atoms with Gasteiger partial charge in [-0.2, -0.15) is 4.31 Å². The summed E-state index contributed by atoms with van der Waals surface area (Å²) in [7, 11) is -7.42. The molecule has 35 heavy (non-hydrogen) atoms. The third-order valence-corrected chi connectivity index (χ3v) is 9.22. The van der Waals surface area contributed by atoms with E-state index < -0.39 is 26.0 Å². The lowest BCUT2D eigenvalue weighted by molar-refractivity contribution is -0.126. The molecule has 2 N–H and O–H groups in total. The number of piperidine rings is 1. The van der Waals surface area contributed by atoms with E-state index in [2.05, 4.69) is 10.0 Å². The minimum atomic E-state index is -3.75. The minimum Gasteiger partial charge on any atom is -0.494 e. The van der Waals surface area contributed by atoms with Gasteiger partial charge in [0.15, 0.2) is 0 Å². The molecule has 1 atom stereocenters. The molecule has 1 amide bonds. The van der Waals surface area contributed by atoms with Crippen molar-refractivity contribution >= 4 is 26.0 Å². The van der Waals surface area contributed by atoms with Crippen molar-refractivity contribution in [1.82, 2.24) is 14.3 Å². The Morgan fingerprint density at radius 1 is 1.03 bits per heavy atom. The molecule has 1 heterocycles. The Hall–Kier alpha value is -2.47. The standard InChI is InChI=1S/C24H33N3O6S2/c1-4-33-23-12-11-22(16-19(23)3)35(31,32)27-15-5-6-20(17-27)24(28)25-13-14-26-34(29,30)21-9-7-18(2)8-10-21/h7-12,16,20,26H,4-6,13-15,17H2,1-3H3,(H,25,28)/t20-/m1/s1. The first-order valence-corrected chi connectivity index (χ1v) is 14.5. The van der Waals surface area contributed by atoms with Crippen LogP contribution in [0, 0.1) is 19.8 Å². The fraction of sp³-hybridized carbons (Fsp3) is 0.458. The maximum atomic E-state index is 13.2. The molecule has 0 unspecified atom stereocenters. The monoisotopic (exact) mass is 523 g/mol. The molecule has 1 fully saturated rings. The summed E-state index contributed by atoms with van der Waals surface area (Å²) < 4.78 is 60.4. The van der Waals surface area contributed by atoms with Gasteiger partial charge in [0.2, 0.25) is 26.0 Å². The molecule has 1 saturated heterocycles. The van der Waals surface area contributed by atoms with Crippen molar-refractivity contribution in [2.24, 2.45) is 5.92 Å². The van der Waals surface area contributed by atoms with E-state index in [1.807, 2.05) is 13.8 Å². The van der Waals surface area contributed by atoms with Gasteiger partial charge in [-0.1, -0.05) is 17.7 Å². The fourth-order valence-electron chi connectivity index (χ4n) is 3.94. The molecule has 1 aliphatic heterocycles. The highest BCUT2D eigenvalue weighted by Gasteiger charge is 2.33. The van der Waals surface area contributed by atoms with Crippen molar-refractivity contribution in [1.29, 1.82) is 0 Å². The van der Waals surface area contributed by atoms with E-state index in [1.54, 1.807) is 31.2 Å². The first-order valence-electron chi connectivity index (χ1n) is 11.6. The van der Waals surface area contributed by atoms with E-state index in [4.69, 9.17) is 4.74 Å². The lowest BCUT2D eigenvalue weighted by Gasteiger charge is -2.31. The molecule has 2 aromatic carbocycles. The summed E-state index contributed by atoms with van der Waals surface area (Å²) in [4.78, 5) is 13.0. The number of carbonyl (C=O) groups excluding carboxylic acids is 1. The number of carbonyl (C=O) groups is 1.